The van der Waals surface area contributed by atoms with E-state index in [0.29, 0.717) is 11.3 Å². The fourth-order valence-electron chi connectivity index (χ4n) is 1.11. The van der Waals surface area contributed by atoms with Gasteiger partial charge in [0.25, 0.3) is 0 Å². The van der Waals surface area contributed by atoms with Gasteiger partial charge < -0.3 is 10.5 Å². The van der Waals surface area contributed by atoms with Gasteiger partial charge in [-0.25, -0.2) is 0 Å². The van der Waals surface area contributed by atoms with Crippen molar-refractivity contribution in [1.82, 2.24) is 0 Å². The van der Waals surface area contributed by atoms with Crippen molar-refractivity contribution in [1.29, 1.82) is 5.26 Å². The molecule has 1 saturated heterocycles. The molecule has 2 rings (SSSR count). The van der Waals surface area contributed by atoms with E-state index in [2.05, 4.69) is 0 Å². The molecule has 1 heterocycles. The molecule has 3 nitrogen and oxygen atoms in total. The third-order valence-corrected chi connectivity index (χ3v) is 1.91. The molecule has 1 aliphatic heterocycles. The van der Waals surface area contributed by atoms with Crippen LogP contribution in [0.4, 0.5) is 5.69 Å². The standard InChI is InChI=1S/C7H6N2.C4H8O/c8-5-6-3-1-2-4-7(6)9;1-2-4-5-3-1/h1-4H,9H2;1-4H2. The molecule has 74 valence electrons. The molecular formula is C11H14N2O. The van der Waals surface area contributed by atoms with E-state index in [9.17, 15) is 0 Å². The molecule has 0 radical (unpaired) electrons. The van der Waals surface area contributed by atoms with Crippen LogP contribution in [0, 0.1) is 11.3 Å². The molecule has 1 fully saturated rings. The van der Waals surface area contributed by atoms with Crippen LogP contribution >= 0.6 is 0 Å². The number of ether oxygens (including phenoxy) is 1. The first-order valence-corrected chi connectivity index (χ1v) is 4.67. The number of nitrogens with two attached hydrogens (primary N) is 1. The average molecular weight is 190 g/mol. The lowest BCUT2D eigenvalue weighted by atomic mass is 10.2. The van der Waals surface area contributed by atoms with Crippen LogP contribution in [0.25, 0.3) is 0 Å². The van der Waals surface area contributed by atoms with Crippen LogP contribution in [0.15, 0.2) is 24.3 Å². The molecule has 1 aromatic carbocycles. The molecule has 0 bridgehead atoms. The van der Waals surface area contributed by atoms with Crippen LogP contribution in [0.5, 0.6) is 0 Å². The van der Waals surface area contributed by atoms with E-state index in [1.165, 1.54) is 12.8 Å². The smallest absolute Gasteiger partial charge is 0.101 e. The number of benzene rings is 1. The number of hydrogen-bond acceptors (Lipinski definition) is 3. The number of hydrogen-bond donors (Lipinski definition) is 1. The van der Waals surface area contributed by atoms with Gasteiger partial charge in [0, 0.05) is 18.9 Å². The van der Waals surface area contributed by atoms with Crippen LogP contribution in [0.1, 0.15) is 18.4 Å². The maximum Gasteiger partial charge on any atom is 0.101 e. The second-order valence-electron chi connectivity index (χ2n) is 3.02. The topological polar surface area (TPSA) is 59.0 Å². The lowest BCUT2D eigenvalue weighted by Gasteiger charge is -1.91. The van der Waals surface area contributed by atoms with E-state index in [1.807, 2.05) is 6.07 Å². The zero-order chi connectivity index (χ0) is 10.2. The Bertz CT molecular complexity index is 306. The van der Waals surface area contributed by atoms with Crippen molar-refractivity contribution >= 4 is 5.69 Å². The summed E-state index contributed by atoms with van der Waals surface area (Å²) in [7, 11) is 0. The lowest BCUT2D eigenvalue weighted by molar-refractivity contribution is 0.198. The van der Waals surface area contributed by atoms with Crippen molar-refractivity contribution in [2.75, 3.05) is 18.9 Å². The second-order valence-corrected chi connectivity index (χ2v) is 3.02. The molecule has 0 unspecified atom stereocenters. The van der Waals surface area contributed by atoms with E-state index >= 15 is 0 Å². The normalized spacial score (nSPS) is 13.9. The molecule has 0 aromatic heterocycles. The highest BCUT2D eigenvalue weighted by Gasteiger charge is 1.94. The quantitative estimate of drug-likeness (QED) is 0.636. The fourth-order valence-corrected chi connectivity index (χ4v) is 1.11. The summed E-state index contributed by atoms with van der Waals surface area (Å²) in [5.41, 5.74) is 6.49. The van der Waals surface area contributed by atoms with Crippen LogP contribution in [-0.4, -0.2) is 13.2 Å². The maximum atomic E-state index is 8.39. The summed E-state index contributed by atoms with van der Waals surface area (Å²) in [6.07, 6.45) is 2.56. The van der Waals surface area contributed by atoms with Crippen LogP contribution in [0.3, 0.4) is 0 Å². The molecule has 0 amide bonds. The highest BCUT2D eigenvalue weighted by atomic mass is 16.5. The summed E-state index contributed by atoms with van der Waals surface area (Å²) < 4.78 is 4.94. The third-order valence-electron chi connectivity index (χ3n) is 1.91. The number of nitrogens with zero attached hydrogens (tertiary/aromatic N) is 1. The summed E-state index contributed by atoms with van der Waals surface area (Å²) in [5, 5.41) is 8.39. The van der Waals surface area contributed by atoms with Crippen LogP contribution in [0.2, 0.25) is 0 Å². The summed E-state index contributed by atoms with van der Waals surface area (Å²) in [6.45, 7) is 2.00. The molecule has 1 aliphatic rings. The van der Waals surface area contributed by atoms with Crippen molar-refractivity contribution in [3.05, 3.63) is 29.8 Å². The molecule has 0 aliphatic carbocycles. The van der Waals surface area contributed by atoms with Gasteiger partial charge in [-0.1, -0.05) is 12.1 Å². The van der Waals surface area contributed by atoms with Gasteiger partial charge in [-0.15, -0.1) is 0 Å². The van der Waals surface area contributed by atoms with Gasteiger partial charge >= 0.3 is 0 Å². The minimum Gasteiger partial charge on any atom is -0.398 e. The predicted molar refractivity (Wildman–Crippen MR) is 55.6 cm³/mol. The Morgan fingerprint density at radius 3 is 2.21 bits per heavy atom. The van der Waals surface area contributed by atoms with Crippen LogP contribution in [-0.2, 0) is 4.74 Å². The minimum absolute atomic E-state index is 0.539. The van der Waals surface area contributed by atoms with Crippen molar-refractivity contribution in [3.8, 4) is 6.07 Å². The SMILES string of the molecule is C1CCOC1.N#Cc1ccccc1N. The number of nitrogen functional groups attached to an aromatic ring is 1. The zero-order valence-electron chi connectivity index (χ0n) is 8.07. The van der Waals surface area contributed by atoms with Crippen molar-refractivity contribution in [2.24, 2.45) is 0 Å². The van der Waals surface area contributed by atoms with E-state index in [4.69, 9.17) is 15.7 Å². The number of anilines is 1. The molecule has 0 saturated carbocycles. The highest BCUT2D eigenvalue weighted by molar-refractivity contribution is 5.53. The number of rotatable bonds is 0. The summed E-state index contributed by atoms with van der Waals surface area (Å²) >= 11 is 0. The molecule has 0 spiro atoms. The Labute approximate surface area is 84.1 Å². The van der Waals surface area contributed by atoms with Crippen molar-refractivity contribution in [2.45, 2.75) is 12.8 Å². The van der Waals surface area contributed by atoms with E-state index in [-0.39, 0.29) is 0 Å². The largest absolute Gasteiger partial charge is 0.398 e. The lowest BCUT2D eigenvalue weighted by Crippen LogP contribution is -1.87. The second kappa shape index (κ2) is 6.01. The first-order valence-electron chi connectivity index (χ1n) is 4.67. The van der Waals surface area contributed by atoms with Gasteiger partial charge in [0.1, 0.15) is 6.07 Å². The number of nitriles is 1. The molecule has 14 heavy (non-hydrogen) atoms. The molecule has 0 atom stereocenters. The Morgan fingerprint density at radius 2 is 1.86 bits per heavy atom. The summed E-state index contributed by atoms with van der Waals surface area (Å²) in [6, 6.07) is 8.96. The van der Waals surface area contributed by atoms with Crippen molar-refractivity contribution < 1.29 is 4.74 Å². The third kappa shape index (κ3) is 3.46. The van der Waals surface area contributed by atoms with Gasteiger partial charge in [-0.3, -0.25) is 0 Å². The molecular weight excluding hydrogens is 176 g/mol. The van der Waals surface area contributed by atoms with Gasteiger partial charge in [-0.05, 0) is 25.0 Å². The Balaban J connectivity index is 0.000000165. The maximum absolute atomic E-state index is 8.39. The van der Waals surface area contributed by atoms with E-state index in [1.54, 1.807) is 24.3 Å². The van der Waals surface area contributed by atoms with Gasteiger partial charge in [0.2, 0.25) is 0 Å². The summed E-state index contributed by atoms with van der Waals surface area (Å²) in [4.78, 5) is 0. The molecule has 2 N–H and O–H groups in total. The van der Waals surface area contributed by atoms with E-state index < -0.39 is 0 Å². The van der Waals surface area contributed by atoms with Gasteiger partial charge in [0.15, 0.2) is 0 Å². The molecule has 3 heteroatoms. The Morgan fingerprint density at radius 1 is 1.21 bits per heavy atom. The van der Waals surface area contributed by atoms with Crippen molar-refractivity contribution in [3.63, 3.8) is 0 Å². The predicted octanol–water partition coefficient (Wildman–Crippen LogP) is 1.94. The Kier molecular flexibility index (Phi) is 4.53. The first kappa shape index (κ1) is 10.6. The summed E-state index contributed by atoms with van der Waals surface area (Å²) in [5.74, 6) is 0. The minimum atomic E-state index is 0.539. The van der Waals surface area contributed by atoms with Crippen LogP contribution < -0.4 is 5.73 Å². The van der Waals surface area contributed by atoms with Gasteiger partial charge in [-0.2, -0.15) is 5.26 Å². The first-order chi connectivity index (χ1) is 6.84. The number of para-hydroxylation sites is 1. The fraction of sp³-hybridized carbons (Fsp3) is 0.364. The average Bonchev–Trinajstić information content (AvgIpc) is 2.76. The van der Waals surface area contributed by atoms with E-state index in [0.717, 1.165) is 13.2 Å². The Hall–Kier alpha value is -1.53. The monoisotopic (exact) mass is 190 g/mol. The highest BCUT2D eigenvalue weighted by Crippen LogP contribution is 2.07. The zero-order valence-corrected chi connectivity index (χ0v) is 8.07. The molecule has 1 aromatic rings. The van der Waals surface area contributed by atoms with Gasteiger partial charge in [0.05, 0.1) is 5.56 Å².